The molecule has 1 heterocycles. The minimum absolute atomic E-state index is 0.654. The van der Waals surface area contributed by atoms with Crippen molar-refractivity contribution in [2.24, 2.45) is 5.41 Å². The zero-order valence-electron chi connectivity index (χ0n) is 10.0. The first-order chi connectivity index (χ1) is 7.02. The van der Waals surface area contributed by atoms with E-state index < -0.39 is 0 Å². The quantitative estimate of drug-likeness (QED) is 0.825. The van der Waals surface area contributed by atoms with Crippen molar-refractivity contribution in [2.75, 3.05) is 5.73 Å². The van der Waals surface area contributed by atoms with Crippen LogP contribution < -0.4 is 5.73 Å². The second-order valence-electron chi connectivity index (χ2n) is 5.22. The average Bonchev–Trinajstić information content (AvgIpc) is 2.87. The van der Waals surface area contributed by atoms with Crippen molar-refractivity contribution in [1.29, 1.82) is 0 Å². The van der Waals surface area contributed by atoms with E-state index >= 15 is 0 Å². The molecule has 1 aromatic heterocycles. The number of aromatic nitrogens is 2. The van der Waals surface area contributed by atoms with Crippen molar-refractivity contribution in [3.63, 3.8) is 0 Å². The summed E-state index contributed by atoms with van der Waals surface area (Å²) in [6, 6.07) is 0. The number of rotatable bonds is 4. The van der Waals surface area contributed by atoms with Crippen molar-refractivity contribution in [1.82, 2.24) is 9.78 Å². The number of nitrogens with zero attached hydrogens (tertiary/aromatic N) is 2. The number of hydrogen-bond acceptors (Lipinski definition) is 2. The highest BCUT2D eigenvalue weighted by molar-refractivity contribution is 5.46. The van der Waals surface area contributed by atoms with Gasteiger partial charge in [0.1, 0.15) is 0 Å². The van der Waals surface area contributed by atoms with Crippen molar-refractivity contribution < 1.29 is 0 Å². The Morgan fingerprint density at radius 2 is 2.07 bits per heavy atom. The van der Waals surface area contributed by atoms with Gasteiger partial charge < -0.3 is 5.73 Å². The molecule has 0 spiro atoms. The van der Waals surface area contributed by atoms with Crippen LogP contribution in [0.1, 0.15) is 44.0 Å². The van der Waals surface area contributed by atoms with Crippen LogP contribution in [0.15, 0.2) is 0 Å². The molecule has 2 rings (SSSR count). The maximum Gasteiger partial charge on any atom is 0.0825 e. The highest BCUT2D eigenvalue weighted by Crippen LogP contribution is 2.48. The molecule has 2 N–H and O–H groups in total. The van der Waals surface area contributed by atoms with E-state index in [2.05, 4.69) is 16.7 Å². The highest BCUT2D eigenvalue weighted by atomic mass is 15.3. The summed E-state index contributed by atoms with van der Waals surface area (Å²) in [5.74, 6) is 0. The van der Waals surface area contributed by atoms with Gasteiger partial charge in [-0.15, -0.1) is 0 Å². The maximum atomic E-state index is 5.89. The van der Waals surface area contributed by atoms with Gasteiger partial charge in [-0.1, -0.05) is 6.92 Å². The fourth-order valence-corrected chi connectivity index (χ4v) is 2.05. The van der Waals surface area contributed by atoms with Crippen LogP contribution in [0.5, 0.6) is 0 Å². The monoisotopic (exact) mass is 207 g/mol. The fraction of sp³-hybridized carbons (Fsp3) is 0.750. The summed E-state index contributed by atoms with van der Waals surface area (Å²) in [5.41, 5.74) is 9.48. The van der Waals surface area contributed by atoms with E-state index in [-0.39, 0.29) is 0 Å². The fourth-order valence-electron chi connectivity index (χ4n) is 2.05. The zero-order chi connectivity index (χ0) is 11.1. The van der Waals surface area contributed by atoms with Crippen LogP contribution in [-0.4, -0.2) is 9.78 Å². The SMILES string of the molecule is Cc1nn(CCCC2(C)CC2)c(C)c1N. The summed E-state index contributed by atoms with van der Waals surface area (Å²) >= 11 is 0. The molecule has 0 unspecified atom stereocenters. The van der Waals surface area contributed by atoms with Gasteiger partial charge in [0.15, 0.2) is 0 Å². The Morgan fingerprint density at radius 1 is 1.40 bits per heavy atom. The number of nitrogens with two attached hydrogens (primary N) is 1. The average molecular weight is 207 g/mol. The van der Waals surface area contributed by atoms with Crippen LogP contribution in [0.2, 0.25) is 0 Å². The smallest absolute Gasteiger partial charge is 0.0825 e. The normalized spacial score (nSPS) is 18.1. The lowest BCUT2D eigenvalue weighted by atomic mass is 10.0. The van der Waals surface area contributed by atoms with Gasteiger partial charge in [-0.05, 0) is 44.9 Å². The minimum Gasteiger partial charge on any atom is -0.396 e. The first-order valence-corrected chi connectivity index (χ1v) is 5.81. The highest BCUT2D eigenvalue weighted by Gasteiger charge is 2.36. The molecule has 0 aliphatic heterocycles. The molecule has 0 radical (unpaired) electrons. The number of nitrogen functional groups attached to an aromatic ring is 1. The Labute approximate surface area is 91.7 Å². The second kappa shape index (κ2) is 3.54. The minimum atomic E-state index is 0.654. The molecular formula is C12H21N3. The molecule has 1 aromatic rings. The van der Waals surface area contributed by atoms with Gasteiger partial charge in [0.25, 0.3) is 0 Å². The van der Waals surface area contributed by atoms with Crippen molar-refractivity contribution in [2.45, 2.75) is 53.0 Å². The van der Waals surface area contributed by atoms with Gasteiger partial charge in [0.2, 0.25) is 0 Å². The lowest BCUT2D eigenvalue weighted by Crippen LogP contribution is -2.05. The van der Waals surface area contributed by atoms with E-state index in [1.807, 2.05) is 13.8 Å². The Morgan fingerprint density at radius 3 is 2.53 bits per heavy atom. The van der Waals surface area contributed by atoms with Gasteiger partial charge in [0.05, 0.1) is 17.1 Å². The first-order valence-electron chi connectivity index (χ1n) is 5.81. The standard InChI is InChI=1S/C12H21N3/c1-9-11(13)10(2)15(14-9)8-4-5-12(3)6-7-12/h4-8,13H2,1-3H3. The van der Waals surface area contributed by atoms with Crippen molar-refractivity contribution >= 4 is 5.69 Å². The summed E-state index contributed by atoms with van der Waals surface area (Å²) in [6.45, 7) is 7.41. The summed E-state index contributed by atoms with van der Waals surface area (Å²) in [7, 11) is 0. The van der Waals surface area contributed by atoms with E-state index in [1.54, 1.807) is 0 Å². The number of aryl methyl sites for hydroxylation is 2. The largest absolute Gasteiger partial charge is 0.396 e. The molecule has 1 fully saturated rings. The molecule has 0 bridgehead atoms. The van der Waals surface area contributed by atoms with E-state index in [4.69, 9.17) is 5.73 Å². The van der Waals surface area contributed by atoms with Crippen LogP contribution >= 0.6 is 0 Å². The van der Waals surface area contributed by atoms with Crippen molar-refractivity contribution in [3.8, 4) is 0 Å². The number of hydrogen-bond donors (Lipinski definition) is 1. The van der Waals surface area contributed by atoms with Crippen LogP contribution in [0.3, 0.4) is 0 Å². The Bertz CT molecular complexity index is 361. The summed E-state index contributed by atoms with van der Waals surface area (Å²) in [5, 5.41) is 4.44. The molecule has 84 valence electrons. The molecule has 15 heavy (non-hydrogen) atoms. The van der Waals surface area contributed by atoms with Crippen LogP contribution in [0, 0.1) is 19.3 Å². The molecule has 0 aromatic carbocycles. The molecule has 0 amide bonds. The molecule has 3 nitrogen and oxygen atoms in total. The molecule has 1 aliphatic carbocycles. The van der Waals surface area contributed by atoms with Crippen LogP contribution in [-0.2, 0) is 6.54 Å². The summed E-state index contributed by atoms with van der Waals surface area (Å²) in [4.78, 5) is 0. The Kier molecular flexibility index (Phi) is 2.49. The van der Waals surface area contributed by atoms with E-state index in [0.717, 1.165) is 23.6 Å². The molecular weight excluding hydrogens is 186 g/mol. The van der Waals surface area contributed by atoms with Crippen LogP contribution in [0.25, 0.3) is 0 Å². The summed E-state index contributed by atoms with van der Waals surface area (Å²) in [6.07, 6.45) is 5.36. The third-order valence-corrected chi connectivity index (χ3v) is 3.69. The van der Waals surface area contributed by atoms with Gasteiger partial charge >= 0.3 is 0 Å². The topological polar surface area (TPSA) is 43.8 Å². The van der Waals surface area contributed by atoms with Crippen molar-refractivity contribution in [3.05, 3.63) is 11.4 Å². The third-order valence-electron chi connectivity index (χ3n) is 3.69. The molecule has 0 saturated heterocycles. The van der Waals surface area contributed by atoms with Gasteiger partial charge in [-0.3, -0.25) is 4.68 Å². The summed E-state index contributed by atoms with van der Waals surface area (Å²) < 4.78 is 2.05. The first kappa shape index (κ1) is 10.5. The Hall–Kier alpha value is -0.990. The molecule has 0 atom stereocenters. The maximum absolute atomic E-state index is 5.89. The molecule has 1 saturated carbocycles. The Balaban J connectivity index is 1.90. The predicted octanol–water partition coefficient (Wildman–Crippen LogP) is 2.66. The predicted molar refractivity (Wildman–Crippen MR) is 62.7 cm³/mol. The lowest BCUT2D eigenvalue weighted by molar-refractivity contribution is 0.446. The van der Waals surface area contributed by atoms with E-state index in [9.17, 15) is 0 Å². The zero-order valence-corrected chi connectivity index (χ0v) is 10.0. The number of anilines is 1. The van der Waals surface area contributed by atoms with Gasteiger partial charge in [-0.2, -0.15) is 5.10 Å². The molecule has 3 heteroatoms. The second-order valence-corrected chi connectivity index (χ2v) is 5.22. The van der Waals surface area contributed by atoms with Gasteiger partial charge in [-0.25, -0.2) is 0 Å². The van der Waals surface area contributed by atoms with E-state index in [1.165, 1.54) is 25.7 Å². The van der Waals surface area contributed by atoms with Gasteiger partial charge in [0, 0.05) is 6.54 Å². The van der Waals surface area contributed by atoms with E-state index in [0.29, 0.717) is 5.41 Å². The third kappa shape index (κ3) is 2.16. The molecule has 1 aliphatic rings. The lowest BCUT2D eigenvalue weighted by Gasteiger charge is -2.08. The van der Waals surface area contributed by atoms with Crippen LogP contribution in [0.4, 0.5) is 5.69 Å².